The van der Waals surface area contributed by atoms with Crippen LogP contribution in [0, 0.1) is 6.92 Å². The zero-order valence-electron chi connectivity index (χ0n) is 22.7. The van der Waals surface area contributed by atoms with Crippen LogP contribution in [0.1, 0.15) is 56.6 Å². The van der Waals surface area contributed by atoms with Crippen LogP contribution in [0.5, 0.6) is 0 Å². The zero-order chi connectivity index (χ0) is 27.0. The van der Waals surface area contributed by atoms with Crippen molar-refractivity contribution in [2.75, 3.05) is 30.8 Å². The van der Waals surface area contributed by atoms with Gasteiger partial charge in [0.05, 0.1) is 22.8 Å². The average Bonchev–Trinajstić information content (AvgIpc) is 3.48. The molecule has 0 spiro atoms. The van der Waals surface area contributed by atoms with Gasteiger partial charge in [0, 0.05) is 50.3 Å². The van der Waals surface area contributed by atoms with E-state index >= 15 is 0 Å². The quantitative estimate of drug-likeness (QED) is 0.464. The van der Waals surface area contributed by atoms with Crippen molar-refractivity contribution in [3.05, 3.63) is 58.8 Å². The summed E-state index contributed by atoms with van der Waals surface area (Å²) in [6, 6.07) is 10.1. The maximum Gasteiger partial charge on any atom is 0.333 e. The van der Waals surface area contributed by atoms with E-state index in [0.717, 1.165) is 61.9 Å². The summed E-state index contributed by atoms with van der Waals surface area (Å²) in [6.07, 6.45) is 9.36. The molecule has 2 aromatic heterocycles. The Labute approximate surface area is 241 Å². The molecule has 0 radical (unpaired) electrons. The van der Waals surface area contributed by atoms with Crippen molar-refractivity contribution in [2.45, 2.75) is 70.0 Å². The molecule has 12 heteroatoms. The van der Waals surface area contributed by atoms with Gasteiger partial charge in [-0.3, -0.25) is 9.13 Å². The van der Waals surface area contributed by atoms with Crippen LogP contribution in [0.4, 0.5) is 5.95 Å². The number of nitrogens with zero attached hydrogens (tertiary/aromatic N) is 5. The molecular weight excluding hydrogens is 552 g/mol. The Hall–Kier alpha value is -2.73. The molecule has 3 aromatic rings. The van der Waals surface area contributed by atoms with E-state index in [-0.39, 0.29) is 42.0 Å². The normalized spacial score (nSPS) is 23.5. The first-order chi connectivity index (χ1) is 18.9. The van der Waals surface area contributed by atoms with Crippen molar-refractivity contribution in [1.82, 2.24) is 23.4 Å². The second-order valence-corrected chi connectivity index (χ2v) is 13.0. The first kappa shape index (κ1) is 28.8. The van der Waals surface area contributed by atoms with Crippen molar-refractivity contribution in [3.8, 4) is 17.1 Å². The molecule has 0 atom stereocenters. The molecule has 10 nitrogen and oxygen atoms in total. The first-order valence-electron chi connectivity index (χ1n) is 14.0. The van der Waals surface area contributed by atoms with E-state index in [1.165, 1.54) is 0 Å². The Morgan fingerprint density at radius 2 is 1.80 bits per heavy atom. The third kappa shape index (κ3) is 5.83. The van der Waals surface area contributed by atoms with Gasteiger partial charge in [0.25, 0.3) is 0 Å². The van der Waals surface area contributed by atoms with Gasteiger partial charge in [-0.2, -0.15) is 4.31 Å². The summed E-state index contributed by atoms with van der Waals surface area (Å²) in [4.78, 5) is 23.1. The smallest absolute Gasteiger partial charge is 0.333 e. The van der Waals surface area contributed by atoms with Crippen LogP contribution < -0.4 is 11.0 Å². The van der Waals surface area contributed by atoms with Gasteiger partial charge in [-0.15, -0.1) is 12.4 Å². The largest absolute Gasteiger partial charge is 0.381 e. The predicted octanol–water partition coefficient (Wildman–Crippen LogP) is 3.94. The summed E-state index contributed by atoms with van der Waals surface area (Å²) in [7, 11) is -3.09. The summed E-state index contributed by atoms with van der Waals surface area (Å²) >= 11 is 0. The summed E-state index contributed by atoms with van der Waals surface area (Å²) in [6.45, 7) is 3.96. The highest BCUT2D eigenvalue weighted by atomic mass is 35.5. The zero-order valence-corrected chi connectivity index (χ0v) is 24.4. The van der Waals surface area contributed by atoms with E-state index in [1.807, 2.05) is 48.0 Å². The number of sulfonamides is 1. The molecule has 0 unspecified atom stereocenters. The van der Waals surface area contributed by atoms with E-state index in [0.29, 0.717) is 31.4 Å². The van der Waals surface area contributed by atoms with Gasteiger partial charge in [0.1, 0.15) is 0 Å². The van der Waals surface area contributed by atoms with E-state index in [2.05, 4.69) is 10.3 Å². The van der Waals surface area contributed by atoms with Gasteiger partial charge >= 0.3 is 5.69 Å². The number of imidazole rings is 1. The Morgan fingerprint density at radius 3 is 2.50 bits per heavy atom. The van der Waals surface area contributed by atoms with Crippen LogP contribution in [0.3, 0.4) is 0 Å². The molecule has 0 amide bonds. The van der Waals surface area contributed by atoms with Crippen LogP contribution in [0.15, 0.2) is 47.5 Å². The Morgan fingerprint density at radius 1 is 1.02 bits per heavy atom. The molecule has 1 saturated carbocycles. The van der Waals surface area contributed by atoms with Crippen LogP contribution in [-0.2, 0) is 14.8 Å². The SMILES string of the molecule is Cc1cccc(-n2c(-c3ccnc(NC4CCC(N5CCCS5(=O)=O)CC4)n3)cn(C3CCOCC3)c2=O)c1.Cl. The number of benzene rings is 1. The molecule has 0 bridgehead atoms. The van der Waals surface area contributed by atoms with Crippen molar-refractivity contribution < 1.29 is 13.2 Å². The number of ether oxygens (including phenoxy) is 1. The van der Waals surface area contributed by atoms with Gasteiger partial charge in [0.15, 0.2) is 0 Å². The maximum absolute atomic E-state index is 13.7. The highest BCUT2D eigenvalue weighted by molar-refractivity contribution is 7.89. The maximum atomic E-state index is 13.7. The molecular formula is C28H37ClN6O4S. The second kappa shape index (κ2) is 12.0. The molecule has 6 rings (SSSR count). The molecule has 216 valence electrons. The Bertz CT molecular complexity index is 1490. The lowest BCUT2D eigenvalue weighted by atomic mass is 9.91. The summed E-state index contributed by atoms with van der Waals surface area (Å²) in [5, 5.41) is 3.48. The van der Waals surface area contributed by atoms with Crippen molar-refractivity contribution in [2.24, 2.45) is 0 Å². The Kier molecular flexibility index (Phi) is 8.65. The molecule has 1 N–H and O–H groups in total. The number of hydrogen-bond donors (Lipinski definition) is 1. The minimum Gasteiger partial charge on any atom is -0.381 e. The monoisotopic (exact) mass is 588 g/mol. The number of anilines is 1. The van der Waals surface area contributed by atoms with Crippen LogP contribution in [0.25, 0.3) is 17.1 Å². The number of nitrogens with one attached hydrogen (secondary N) is 1. The van der Waals surface area contributed by atoms with E-state index in [1.54, 1.807) is 15.1 Å². The number of aryl methyl sites for hydroxylation is 1. The molecule has 1 aromatic carbocycles. The van der Waals surface area contributed by atoms with E-state index in [4.69, 9.17) is 9.72 Å². The lowest BCUT2D eigenvalue weighted by molar-refractivity contribution is 0.0686. The first-order valence-corrected chi connectivity index (χ1v) is 15.6. The van der Waals surface area contributed by atoms with Crippen molar-refractivity contribution in [1.29, 1.82) is 0 Å². The Balaban J connectivity index is 0.00000323. The number of aromatic nitrogens is 4. The lowest BCUT2D eigenvalue weighted by Crippen LogP contribution is -2.41. The molecule has 4 heterocycles. The number of rotatable bonds is 6. The van der Waals surface area contributed by atoms with Gasteiger partial charge in [-0.25, -0.2) is 23.2 Å². The van der Waals surface area contributed by atoms with Gasteiger partial charge < -0.3 is 10.1 Å². The van der Waals surface area contributed by atoms with Gasteiger partial charge in [-0.1, -0.05) is 12.1 Å². The average molecular weight is 589 g/mol. The van der Waals surface area contributed by atoms with Crippen LogP contribution >= 0.6 is 12.4 Å². The fraction of sp³-hybridized carbons (Fsp3) is 0.536. The molecule has 1 aliphatic carbocycles. The molecule has 3 fully saturated rings. The standard InChI is InChI=1S/C28H36N6O4S.ClH/c1-20-4-2-5-24(18-20)34-26(19-32(28(34)35)22-11-15-38-16-12-22)25-10-13-29-27(31-25)30-21-6-8-23(9-7-21)33-14-3-17-39(33,36)37;/h2,4-5,10,13,18-19,21-23H,3,6-9,11-12,14-17H2,1H3,(H,29,30,31);1H. The fourth-order valence-electron chi connectivity index (χ4n) is 6.22. The molecule has 3 aliphatic rings. The van der Waals surface area contributed by atoms with Gasteiger partial charge in [-0.05, 0) is 75.6 Å². The molecule has 2 aliphatic heterocycles. The third-order valence-electron chi connectivity index (χ3n) is 8.25. The molecule has 40 heavy (non-hydrogen) atoms. The minimum atomic E-state index is -3.09. The predicted molar refractivity (Wildman–Crippen MR) is 157 cm³/mol. The summed E-state index contributed by atoms with van der Waals surface area (Å²) in [5.41, 5.74) is 3.21. The second-order valence-electron chi connectivity index (χ2n) is 10.9. The number of hydrogen-bond acceptors (Lipinski definition) is 7. The number of halogens is 1. The minimum absolute atomic E-state index is 0. The van der Waals surface area contributed by atoms with Crippen LogP contribution in [0.2, 0.25) is 0 Å². The third-order valence-corrected chi connectivity index (χ3v) is 10.3. The lowest BCUT2D eigenvalue weighted by Gasteiger charge is -2.33. The van der Waals surface area contributed by atoms with Gasteiger partial charge in [0.2, 0.25) is 16.0 Å². The highest BCUT2D eigenvalue weighted by Crippen LogP contribution is 2.30. The summed E-state index contributed by atoms with van der Waals surface area (Å²) < 4.78 is 35.5. The summed E-state index contributed by atoms with van der Waals surface area (Å²) in [5.74, 6) is 0.794. The van der Waals surface area contributed by atoms with E-state index < -0.39 is 10.0 Å². The fourth-order valence-corrected chi connectivity index (χ4v) is 8.02. The topological polar surface area (TPSA) is 111 Å². The highest BCUT2D eigenvalue weighted by Gasteiger charge is 2.36. The molecule has 2 saturated heterocycles. The van der Waals surface area contributed by atoms with E-state index in [9.17, 15) is 13.2 Å². The van der Waals surface area contributed by atoms with Crippen molar-refractivity contribution >= 4 is 28.4 Å². The van der Waals surface area contributed by atoms with Crippen molar-refractivity contribution in [3.63, 3.8) is 0 Å². The van der Waals surface area contributed by atoms with Crippen LogP contribution in [-0.4, -0.2) is 69.4 Å².